The third kappa shape index (κ3) is 8.27. The zero-order valence-corrected chi connectivity index (χ0v) is 32.9. The molecule has 15 heteroatoms. The quantitative estimate of drug-likeness (QED) is 0.108. The molecular weight excluding hydrogens is 737 g/mol. The Morgan fingerprint density at radius 3 is 2.41 bits per heavy atom. The number of nitrogen functional groups attached to an aromatic ring is 1. The van der Waals surface area contributed by atoms with E-state index < -0.39 is 41.3 Å². The van der Waals surface area contributed by atoms with Gasteiger partial charge in [-0.15, -0.1) is 0 Å². The summed E-state index contributed by atoms with van der Waals surface area (Å²) in [4.78, 5) is 66.9. The van der Waals surface area contributed by atoms with Crippen LogP contribution in [0, 0.1) is 5.41 Å². The maximum Gasteiger partial charge on any atom is 0.246 e. The number of nitrogens with zero attached hydrogens (tertiary/aromatic N) is 5. The first kappa shape index (κ1) is 40.0. The number of rotatable bonds is 12. The molecule has 4 amide bonds. The first-order valence-electron chi connectivity index (χ1n) is 19.5. The van der Waals surface area contributed by atoms with Crippen molar-refractivity contribution in [1.29, 1.82) is 0 Å². The predicted molar refractivity (Wildman–Crippen MR) is 220 cm³/mol. The molecule has 302 valence electrons. The first-order valence-corrected chi connectivity index (χ1v) is 19.5. The fourth-order valence-corrected chi connectivity index (χ4v) is 7.70. The van der Waals surface area contributed by atoms with Crippen molar-refractivity contribution in [2.45, 2.75) is 83.0 Å². The summed E-state index contributed by atoms with van der Waals surface area (Å²) in [5.41, 5.74) is 23.8. The second-order valence-electron chi connectivity index (χ2n) is 16.4. The van der Waals surface area contributed by atoms with Gasteiger partial charge in [0, 0.05) is 42.4 Å². The third-order valence-electron chi connectivity index (χ3n) is 11.1. The van der Waals surface area contributed by atoms with Crippen molar-refractivity contribution in [2.75, 3.05) is 18.8 Å². The number of imidazole rings is 1. The van der Waals surface area contributed by atoms with Crippen LogP contribution in [0.3, 0.4) is 0 Å². The zero-order valence-electron chi connectivity index (χ0n) is 32.9. The van der Waals surface area contributed by atoms with Crippen molar-refractivity contribution in [3.05, 3.63) is 90.1 Å². The molecule has 2 aromatic carbocycles. The third-order valence-corrected chi connectivity index (χ3v) is 11.1. The van der Waals surface area contributed by atoms with Gasteiger partial charge < -0.3 is 37.8 Å². The topological polar surface area (TPSA) is 237 Å². The summed E-state index contributed by atoms with van der Waals surface area (Å²) in [7, 11) is 0. The number of aromatic nitrogens is 4. The van der Waals surface area contributed by atoms with Gasteiger partial charge in [0.2, 0.25) is 23.6 Å². The summed E-state index contributed by atoms with van der Waals surface area (Å²) in [5, 5.41) is 15.5. The van der Waals surface area contributed by atoms with Gasteiger partial charge in [0.1, 0.15) is 23.4 Å². The highest BCUT2D eigenvalue weighted by atomic mass is 16.3. The molecule has 58 heavy (non-hydrogen) atoms. The number of nitrogens with one attached hydrogen (secondary N) is 2. The Labute approximate surface area is 336 Å². The SMILES string of the molecule is CC(C)(C)[C@H](NC(=O)CNC(=O)CCc1cccc(-c2ccc3nc(-c4cccnc4N)n(-c4ccc(C5(N)CCC5)cc4)c3n2)c1)C(=O)N1C[C@H](O)C[C@H]1C(N)=O. The zero-order chi connectivity index (χ0) is 41.4. The summed E-state index contributed by atoms with van der Waals surface area (Å²) in [6.45, 7) is 4.92. The lowest BCUT2D eigenvalue weighted by Crippen LogP contribution is -2.58. The van der Waals surface area contributed by atoms with Gasteiger partial charge in [-0.1, -0.05) is 51.1 Å². The molecule has 0 spiro atoms. The minimum Gasteiger partial charge on any atom is -0.391 e. The second kappa shape index (κ2) is 16.0. The van der Waals surface area contributed by atoms with Crippen molar-refractivity contribution in [1.82, 2.24) is 35.1 Å². The summed E-state index contributed by atoms with van der Waals surface area (Å²) in [6, 6.07) is 21.6. The number of hydrogen-bond donors (Lipinski definition) is 6. The normalized spacial score (nSPS) is 18.1. The predicted octanol–water partition coefficient (Wildman–Crippen LogP) is 3.10. The lowest BCUT2D eigenvalue weighted by Gasteiger charge is -2.38. The van der Waals surface area contributed by atoms with Crippen LogP contribution in [-0.2, 0) is 31.1 Å². The molecule has 9 N–H and O–H groups in total. The molecule has 0 bridgehead atoms. The standard InChI is InChI=1S/C43H50N10O5/c1-42(2,3)36(41(58)52-24-29(54)22-33(52)38(45)57)51-35(56)23-48-34(55)17-10-25-7-4-8-26(21-25)31-15-16-32-40(49-31)53(39(50-32)30-9-5-20-47-37(30)44)28-13-11-27(12-14-28)43(46)18-6-19-43/h4-5,7-9,11-16,20-21,29,33,36,54H,6,10,17-19,22-24,46H2,1-3H3,(H2,44,47)(H2,45,57)(H,48,55)(H,51,56)/t29-,33+,36-/m1/s1. The number of aryl methyl sites for hydroxylation is 1. The smallest absolute Gasteiger partial charge is 0.246 e. The van der Waals surface area contributed by atoms with Crippen LogP contribution in [0.1, 0.15) is 64.0 Å². The van der Waals surface area contributed by atoms with Gasteiger partial charge in [-0.25, -0.2) is 15.0 Å². The van der Waals surface area contributed by atoms with E-state index in [-0.39, 0.29) is 37.4 Å². The van der Waals surface area contributed by atoms with Crippen molar-refractivity contribution in [3.8, 4) is 28.3 Å². The van der Waals surface area contributed by atoms with Gasteiger partial charge >= 0.3 is 0 Å². The molecular formula is C43H50N10O5. The first-order chi connectivity index (χ1) is 27.6. The molecule has 7 rings (SSSR count). The Morgan fingerprint density at radius 2 is 1.74 bits per heavy atom. The number of likely N-dealkylation sites (tertiary alicyclic amines) is 1. The van der Waals surface area contributed by atoms with Crippen LogP contribution in [0.4, 0.5) is 5.82 Å². The van der Waals surface area contributed by atoms with E-state index in [1.165, 1.54) is 4.90 Å². The van der Waals surface area contributed by atoms with E-state index in [0.29, 0.717) is 40.5 Å². The Hall–Kier alpha value is -6.19. The second-order valence-corrected chi connectivity index (χ2v) is 16.4. The number of anilines is 1. The number of aliphatic hydroxyl groups excluding tert-OH is 1. The summed E-state index contributed by atoms with van der Waals surface area (Å²) >= 11 is 0. The number of amides is 4. The van der Waals surface area contributed by atoms with Crippen molar-refractivity contribution < 1.29 is 24.3 Å². The molecule has 0 unspecified atom stereocenters. The Balaban J connectivity index is 1.04. The average molecular weight is 787 g/mol. The van der Waals surface area contributed by atoms with E-state index in [1.807, 2.05) is 65.2 Å². The number of carbonyl (C=O) groups is 4. The maximum atomic E-state index is 13.5. The minimum absolute atomic E-state index is 0.0388. The van der Waals surface area contributed by atoms with Crippen molar-refractivity contribution >= 4 is 40.6 Å². The number of nitrogens with two attached hydrogens (primary N) is 3. The number of benzene rings is 2. The molecule has 0 radical (unpaired) electrons. The van der Waals surface area contributed by atoms with E-state index >= 15 is 0 Å². The molecule has 2 aliphatic rings. The monoisotopic (exact) mass is 786 g/mol. The van der Waals surface area contributed by atoms with Crippen molar-refractivity contribution in [3.63, 3.8) is 0 Å². The van der Waals surface area contributed by atoms with Gasteiger partial charge in [-0.05, 0) is 84.7 Å². The number of pyridine rings is 2. The average Bonchev–Trinajstić information content (AvgIpc) is 3.77. The molecule has 4 heterocycles. The molecule has 3 aromatic heterocycles. The minimum atomic E-state index is -1.02. The summed E-state index contributed by atoms with van der Waals surface area (Å²) in [6.07, 6.45) is 4.33. The molecule has 2 fully saturated rings. The van der Waals surface area contributed by atoms with Gasteiger partial charge in [-0.2, -0.15) is 0 Å². The molecule has 5 aromatic rings. The maximum absolute atomic E-state index is 13.5. The van der Waals surface area contributed by atoms with Gasteiger partial charge in [-0.3, -0.25) is 23.7 Å². The number of fused-ring (bicyclic) bond motifs is 1. The highest BCUT2D eigenvalue weighted by Crippen LogP contribution is 2.39. The summed E-state index contributed by atoms with van der Waals surface area (Å²) in [5.74, 6) is -1.18. The van der Waals surface area contributed by atoms with E-state index in [1.54, 1.807) is 27.0 Å². The van der Waals surface area contributed by atoms with Crippen molar-refractivity contribution in [2.24, 2.45) is 16.9 Å². The Bertz CT molecular complexity index is 2370. The molecule has 1 saturated heterocycles. The van der Waals surface area contributed by atoms with Crippen LogP contribution >= 0.6 is 0 Å². The van der Waals surface area contributed by atoms with E-state index in [4.69, 9.17) is 27.2 Å². The van der Waals surface area contributed by atoms with Crippen LogP contribution in [0.2, 0.25) is 0 Å². The Morgan fingerprint density at radius 1 is 0.983 bits per heavy atom. The molecule has 1 saturated carbocycles. The van der Waals surface area contributed by atoms with Gasteiger partial charge in [0.25, 0.3) is 0 Å². The number of carbonyl (C=O) groups excluding carboxylic acids is 4. The molecule has 1 aliphatic heterocycles. The lowest BCUT2D eigenvalue weighted by atomic mass is 9.73. The van der Waals surface area contributed by atoms with Crippen LogP contribution in [0.25, 0.3) is 39.5 Å². The fraction of sp³-hybridized carbons (Fsp3) is 0.372. The van der Waals surface area contributed by atoms with E-state index in [0.717, 1.165) is 41.6 Å². The summed E-state index contributed by atoms with van der Waals surface area (Å²) < 4.78 is 1.98. The van der Waals surface area contributed by atoms with Crippen LogP contribution in [0.5, 0.6) is 0 Å². The molecule has 1 aliphatic carbocycles. The molecule has 3 atom stereocenters. The molecule has 15 nitrogen and oxygen atoms in total. The fourth-order valence-electron chi connectivity index (χ4n) is 7.70. The lowest BCUT2D eigenvalue weighted by molar-refractivity contribution is -0.143. The largest absolute Gasteiger partial charge is 0.391 e. The van der Waals surface area contributed by atoms with Gasteiger partial charge in [0.15, 0.2) is 11.5 Å². The Kier molecular flexibility index (Phi) is 11.0. The highest BCUT2D eigenvalue weighted by molar-refractivity contribution is 5.94. The highest BCUT2D eigenvalue weighted by Gasteiger charge is 2.44. The van der Waals surface area contributed by atoms with E-state index in [9.17, 15) is 24.3 Å². The van der Waals surface area contributed by atoms with Crippen LogP contribution in [-0.4, -0.2) is 84.4 Å². The van der Waals surface area contributed by atoms with E-state index in [2.05, 4.69) is 27.8 Å². The number of aliphatic hydroxyl groups is 1. The van der Waals surface area contributed by atoms with Crippen LogP contribution in [0.15, 0.2) is 79.0 Å². The number of hydrogen-bond acceptors (Lipinski definition) is 10. The number of primary amides is 1. The number of β-amino-alcohol motifs (C(OH)–C–C–N with tert-alkyl or cyclic N) is 1. The van der Waals surface area contributed by atoms with Gasteiger partial charge in [0.05, 0.1) is 23.9 Å². The van der Waals surface area contributed by atoms with Crippen LogP contribution < -0.4 is 27.8 Å².